The van der Waals surface area contributed by atoms with Crippen LogP contribution in [0.2, 0.25) is 5.02 Å². The Balaban J connectivity index is 1.64. The Labute approximate surface area is 152 Å². The molecule has 0 aliphatic carbocycles. The zero-order valence-electron chi connectivity index (χ0n) is 14.0. The van der Waals surface area contributed by atoms with E-state index < -0.39 is 0 Å². The van der Waals surface area contributed by atoms with Crippen molar-refractivity contribution in [3.8, 4) is 11.5 Å². The Kier molecular flexibility index (Phi) is 6.00. The molecule has 0 amide bonds. The number of nitrogens with zero attached hydrogens (tertiary/aromatic N) is 1. The number of rotatable bonds is 6. The van der Waals surface area contributed by atoms with Gasteiger partial charge in [0.25, 0.3) is 0 Å². The fourth-order valence-corrected chi connectivity index (χ4v) is 3.80. The van der Waals surface area contributed by atoms with E-state index in [1.54, 1.807) is 11.3 Å². The molecule has 3 rings (SSSR count). The number of hydrogen-bond acceptors (Lipinski definition) is 5. The van der Waals surface area contributed by atoms with Gasteiger partial charge in [0, 0.05) is 25.6 Å². The summed E-state index contributed by atoms with van der Waals surface area (Å²) in [7, 11) is 4.21. The van der Waals surface area contributed by atoms with Crippen molar-refractivity contribution in [3.05, 3.63) is 45.1 Å². The Morgan fingerprint density at radius 3 is 2.88 bits per heavy atom. The van der Waals surface area contributed by atoms with Crippen LogP contribution < -0.4 is 14.8 Å². The van der Waals surface area contributed by atoms with E-state index in [1.165, 1.54) is 5.56 Å². The second-order valence-corrected chi connectivity index (χ2v) is 7.31. The number of ether oxygens (including phenoxy) is 2. The normalized spacial score (nSPS) is 15.3. The molecule has 1 atom stereocenters. The first-order chi connectivity index (χ1) is 11.6. The van der Waals surface area contributed by atoms with Gasteiger partial charge < -0.3 is 19.7 Å². The summed E-state index contributed by atoms with van der Waals surface area (Å²) in [4.78, 5) is 2.23. The van der Waals surface area contributed by atoms with E-state index in [4.69, 9.17) is 21.1 Å². The van der Waals surface area contributed by atoms with Crippen molar-refractivity contribution in [1.82, 2.24) is 10.2 Å². The lowest BCUT2D eigenvalue weighted by Crippen LogP contribution is -2.30. The molecule has 24 heavy (non-hydrogen) atoms. The van der Waals surface area contributed by atoms with Crippen molar-refractivity contribution in [1.29, 1.82) is 0 Å². The maximum absolute atomic E-state index is 6.35. The van der Waals surface area contributed by atoms with Crippen molar-refractivity contribution in [2.24, 2.45) is 0 Å². The van der Waals surface area contributed by atoms with Crippen molar-refractivity contribution < 1.29 is 9.47 Å². The molecule has 1 aliphatic rings. The second kappa shape index (κ2) is 8.21. The zero-order valence-corrected chi connectivity index (χ0v) is 15.6. The number of benzene rings is 1. The topological polar surface area (TPSA) is 33.7 Å². The highest BCUT2D eigenvalue weighted by atomic mass is 35.5. The van der Waals surface area contributed by atoms with Crippen LogP contribution in [0.4, 0.5) is 0 Å². The summed E-state index contributed by atoms with van der Waals surface area (Å²) in [5.41, 5.74) is 2.45. The van der Waals surface area contributed by atoms with Gasteiger partial charge in [-0.2, -0.15) is 11.3 Å². The third-order valence-electron chi connectivity index (χ3n) is 4.08. The predicted molar refractivity (Wildman–Crippen MR) is 99.5 cm³/mol. The van der Waals surface area contributed by atoms with Crippen LogP contribution in [0.3, 0.4) is 0 Å². The average molecular weight is 367 g/mol. The largest absolute Gasteiger partial charge is 0.489 e. The molecule has 1 aliphatic heterocycles. The molecule has 2 aromatic rings. The van der Waals surface area contributed by atoms with Crippen molar-refractivity contribution in [2.45, 2.75) is 19.0 Å². The molecule has 130 valence electrons. The predicted octanol–water partition coefficient (Wildman–Crippen LogP) is 3.96. The van der Waals surface area contributed by atoms with E-state index in [9.17, 15) is 0 Å². The number of likely N-dealkylation sites (N-methyl/N-ethyl adjacent to an activating group) is 1. The molecule has 0 saturated heterocycles. The van der Waals surface area contributed by atoms with Gasteiger partial charge in [0.05, 0.1) is 18.2 Å². The molecule has 2 heterocycles. The summed E-state index contributed by atoms with van der Waals surface area (Å²) in [6, 6.07) is 6.51. The van der Waals surface area contributed by atoms with Gasteiger partial charge in [-0.1, -0.05) is 11.6 Å². The van der Waals surface area contributed by atoms with Crippen molar-refractivity contribution >= 4 is 22.9 Å². The highest BCUT2D eigenvalue weighted by Gasteiger charge is 2.17. The summed E-state index contributed by atoms with van der Waals surface area (Å²) < 4.78 is 11.4. The lowest BCUT2D eigenvalue weighted by molar-refractivity contribution is 0.288. The first kappa shape index (κ1) is 17.5. The summed E-state index contributed by atoms with van der Waals surface area (Å²) in [6.45, 7) is 2.93. The zero-order chi connectivity index (χ0) is 16.9. The van der Waals surface area contributed by atoms with Crippen LogP contribution in [0.15, 0.2) is 29.0 Å². The molecular formula is C18H23ClN2O2S. The SMILES string of the molecule is CN(C)[C@H](CNCc1cc(Cl)c2c(c1)OCCCO2)c1ccsc1. The van der Waals surface area contributed by atoms with Crippen LogP contribution in [0.1, 0.15) is 23.6 Å². The maximum Gasteiger partial charge on any atom is 0.179 e. The summed E-state index contributed by atoms with van der Waals surface area (Å²) in [5, 5.41) is 8.47. The lowest BCUT2D eigenvalue weighted by Gasteiger charge is -2.24. The minimum Gasteiger partial charge on any atom is -0.489 e. The third kappa shape index (κ3) is 4.22. The summed E-state index contributed by atoms with van der Waals surface area (Å²) in [6.07, 6.45) is 0.879. The van der Waals surface area contributed by atoms with E-state index in [0.29, 0.717) is 30.0 Å². The minimum atomic E-state index is 0.354. The van der Waals surface area contributed by atoms with Gasteiger partial charge >= 0.3 is 0 Å². The number of hydrogen-bond donors (Lipinski definition) is 1. The van der Waals surface area contributed by atoms with Gasteiger partial charge in [-0.3, -0.25) is 0 Å². The number of thiophene rings is 1. The first-order valence-corrected chi connectivity index (χ1v) is 9.44. The van der Waals surface area contributed by atoms with E-state index in [-0.39, 0.29) is 0 Å². The molecule has 0 unspecified atom stereocenters. The molecule has 1 aromatic heterocycles. The Hall–Kier alpha value is -1.27. The van der Waals surface area contributed by atoms with Gasteiger partial charge in [0.15, 0.2) is 11.5 Å². The smallest absolute Gasteiger partial charge is 0.179 e. The first-order valence-electron chi connectivity index (χ1n) is 8.12. The van der Waals surface area contributed by atoms with E-state index in [1.807, 2.05) is 12.1 Å². The number of fused-ring (bicyclic) bond motifs is 1. The highest BCUT2D eigenvalue weighted by Crippen LogP contribution is 2.38. The van der Waals surface area contributed by atoms with Gasteiger partial charge in [0.1, 0.15) is 0 Å². The molecule has 1 aromatic carbocycles. The summed E-state index contributed by atoms with van der Waals surface area (Å²) >= 11 is 8.09. The molecule has 0 fully saturated rings. The molecule has 0 bridgehead atoms. The van der Waals surface area contributed by atoms with E-state index in [2.05, 4.69) is 41.1 Å². The third-order valence-corrected chi connectivity index (χ3v) is 5.06. The van der Waals surface area contributed by atoms with Crippen molar-refractivity contribution in [3.63, 3.8) is 0 Å². The van der Waals surface area contributed by atoms with Gasteiger partial charge in [-0.25, -0.2) is 0 Å². The molecular weight excluding hydrogens is 344 g/mol. The fourth-order valence-electron chi connectivity index (χ4n) is 2.80. The Bertz CT molecular complexity index is 661. The number of nitrogens with one attached hydrogen (secondary N) is 1. The molecule has 4 nitrogen and oxygen atoms in total. The minimum absolute atomic E-state index is 0.354. The standard InChI is InChI=1S/C18H23ClN2O2S/c1-21(2)16(14-4-7-24-12-14)11-20-10-13-8-15(19)18-17(9-13)22-5-3-6-23-18/h4,7-9,12,16,20H,3,5-6,10-11H2,1-2H3/t16-/m1/s1. The number of halogens is 1. The molecule has 6 heteroatoms. The molecule has 0 spiro atoms. The Morgan fingerprint density at radius 1 is 1.29 bits per heavy atom. The van der Waals surface area contributed by atoms with Crippen LogP contribution in [-0.4, -0.2) is 38.8 Å². The van der Waals surface area contributed by atoms with Gasteiger partial charge in [0.2, 0.25) is 0 Å². The van der Waals surface area contributed by atoms with Gasteiger partial charge in [-0.05, 0) is 54.2 Å². The Morgan fingerprint density at radius 2 is 2.12 bits per heavy atom. The maximum atomic E-state index is 6.35. The summed E-state index contributed by atoms with van der Waals surface area (Å²) in [5.74, 6) is 1.42. The second-order valence-electron chi connectivity index (χ2n) is 6.12. The van der Waals surface area contributed by atoms with E-state index >= 15 is 0 Å². The quantitative estimate of drug-likeness (QED) is 0.839. The fraction of sp³-hybridized carbons (Fsp3) is 0.444. The average Bonchev–Trinajstić information content (AvgIpc) is 2.96. The van der Waals surface area contributed by atoms with Crippen LogP contribution in [0, 0.1) is 0 Å². The van der Waals surface area contributed by atoms with E-state index in [0.717, 1.165) is 30.8 Å². The monoisotopic (exact) mass is 366 g/mol. The van der Waals surface area contributed by atoms with Crippen LogP contribution in [-0.2, 0) is 6.54 Å². The molecule has 1 N–H and O–H groups in total. The van der Waals surface area contributed by atoms with Crippen molar-refractivity contribution in [2.75, 3.05) is 33.9 Å². The van der Waals surface area contributed by atoms with Gasteiger partial charge in [-0.15, -0.1) is 0 Å². The van der Waals surface area contributed by atoms with Crippen LogP contribution in [0.25, 0.3) is 0 Å². The highest BCUT2D eigenvalue weighted by molar-refractivity contribution is 7.07. The molecule has 0 radical (unpaired) electrons. The van der Waals surface area contributed by atoms with Crippen LogP contribution in [0.5, 0.6) is 11.5 Å². The lowest BCUT2D eigenvalue weighted by atomic mass is 10.1. The molecule has 0 saturated carbocycles. The van der Waals surface area contributed by atoms with Crippen LogP contribution >= 0.6 is 22.9 Å².